The number of carbonyl (C=O) groups is 3. The van der Waals surface area contributed by atoms with Crippen molar-refractivity contribution in [2.24, 2.45) is 0 Å². The molecule has 0 saturated heterocycles. The van der Waals surface area contributed by atoms with E-state index >= 15 is 0 Å². The molecule has 184 valence electrons. The van der Waals surface area contributed by atoms with Crippen LogP contribution in [0.2, 0.25) is 0 Å². The Morgan fingerprint density at radius 1 is 1.03 bits per heavy atom. The van der Waals surface area contributed by atoms with Gasteiger partial charge in [0.15, 0.2) is 5.82 Å². The minimum absolute atomic E-state index is 0.142. The lowest BCUT2D eigenvalue weighted by molar-refractivity contribution is -0.139. The van der Waals surface area contributed by atoms with Crippen molar-refractivity contribution in [1.29, 1.82) is 0 Å². The Bertz CT molecular complexity index is 1220. The minimum atomic E-state index is -4.51. The molecule has 12 heteroatoms. The number of nitrogens with one attached hydrogen (secondary N) is 2. The summed E-state index contributed by atoms with van der Waals surface area (Å²) in [5.41, 5.74) is 0.473. The van der Waals surface area contributed by atoms with Gasteiger partial charge in [-0.3, -0.25) is 14.4 Å². The van der Waals surface area contributed by atoms with Crippen molar-refractivity contribution in [3.05, 3.63) is 71.2 Å². The van der Waals surface area contributed by atoms with E-state index in [4.69, 9.17) is 0 Å². The van der Waals surface area contributed by atoms with E-state index in [1.54, 1.807) is 0 Å². The Morgan fingerprint density at radius 3 is 2.26 bits per heavy atom. The molecule has 1 aromatic carbocycles. The normalized spacial score (nSPS) is 11.3. The van der Waals surface area contributed by atoms with Crippen LogP contribution in [-0.4, -0.2) is 46.2 Å². The summed E-state index contributed by atoms with van der Waals surface area (Å²) in [6.45, 7) is 3.36. The molecule has 0 aliphatic heterocycles. The molecule has 3 aromatic rings. The van der Waals surface area contributed by atoms with Crippen LogP contribution in [0.3, 0.4) is 0 Å². The first-order chi connectivity index (χ1) is 16.5. The number of alkyl halides is 3. The molecule has 0 spiro atoms. The lowest BCUT2D eigenvalue weighted by atomic mass is 10.1. The van der Waals surface area contributed by atoms with Gasteiger partial charge >= 0.3 is 12.1 Å². The van der Waals surface area contributed by atoms with Crippen molar-refractivity contribution in [2.75, 3.05) is 19.0 Å². The third-order valence-electron chi connectivity index (χ3n) is 4.92. The molecule has 3 rings (SSSR count). The molecule has 0 atom stereocenters. The fourth-order valence-electron chi connectivity index (χ4n) is 3.18. The number of carbonyl (C=O) groups excluding carboxylic acids is 3. The summed E-state index contributed by atoms with van der Waals surface area (Å²) < 4.78 is 44.3. The average Bonchev–Trinajstić information content (AvgIpc) is 3.28. The first-order valence-electron chi connectivity index (χ1n) is 10.4. The Kier molecular flexibility index (Phi) is 7.52. The van der Waals surface area contributed by atoms with Crippen LogP contribution in [0.4, 0.5) is 18.9 Å². The van der Waals surface area contributed by atoms with E-state index in [0.29, 0.717) is 17.6 Å². The predicted octanol–water partition coefficient (Wildman–Crippen LogP) is 3.56. The number of nitrogens with zero attached hydrogens (tertiary/aromatic N) is 3. The number of anilines is 1. The Hall–Kier alpha value is -4.22. The van der Waals surface area contributed by atoms with Gasteiger partial charge in [0.2, 0.25) is 0 Å². The molecular formula is C23H22F3N5O4. The van der Waals surface area contributed by atoms with Crippen molar-refractivity contribution in [3.63, 3.8) is 0 Å². The topological polar surface area (TPSA) is 115 Å². The van der Waals surface area contributed by atoms with E-state index in [0.717, 1.165) is 6.07 Å². The summed E-state index contributed by atoms with van der Waals surface area (Å²) in [6.07, 6.45) is -2.48. The zero-order valence-corrected chi connectivity index (χ0v) is 19.0. The van der Waals surface area contributed by atoms with Crippen LogP contribution in [0.1, 0.15) is 51.7 Å². The number of ether oxygens (including phenoxy) is 1. The average molecular weight is 489 g/mol. The standard InChI is InChI=1S/C23H22F3N5O4/c1-13(2)20-17(11-29-31(20)18-9-6-15(10-27-18)23(24,25)26)22(34)30-16-7-4-14(5-8-16)21(33)28-12-19(32)35-3/h4-11,13H,12H2,1-3H3,(H,28,33)(H,30,34). The molecule has 2 N–H and O–H groups in total. The van der Waals surface area contributed by atoms with Crippen LogP contribution >= 0.6 is 0 Å². The van der Waals surface area contributed by atoms with E-state index in [1.165, 1.54) is 48.3 Å². The van der Waals surface area contributed by atoms with Gasteiger partial charge in [-0.1, -0.05) is 13.8 Å². The number of hydrogen-bond acceptors (Lipinski definition) is 6. The summed E-state index contributed by atoms with van der Waals surface area (Å²) in [5, 5.41) is 9.27. The fourth-order valence-corrected chi connectivity index (χ4v) is 3.18. The fraction of sp³-hybridized carbons (Fsp3) is 0.261. The van der Waals surface area contributed by atoms with E-state index < -0.39 is 29.5 Å². The maximum Gasteiger partial charge on any atom is 0.417 e. The molecule has 9 nitrogen and oxygen atoms in total. The molecule has 2 amide bonds. The highest BCUT2D eigenvalue weighted by atomic mass is 19.4. The number of methoxy groups -OCH3 is 1. The molecule has 35 heavy (non-hydrogen) atoms. The molecule has 0 aliphatic carbocycles. The third-order valence-corrected chi connectivity index (χ3v) is 4.92. The number of benzene rings is 1. The largest absolute Gasteiger partial charge is 0.468 e. The van der Waals surface area contributed by atoms with E-state index in [1.807, 2.05) is 13.8 Å². The van der Waals surface area contributed by atoms with Gasteiger partial charge in [-0.05, 0) is 42.3 Å². The molecular weight excluding hydrogens is 467 g/mol. The van der Waals surface area contributed by atoms with Crippen molar-refractivity contribution >= 4 is 23.5 Å². The zero-order valence-electron chi connectivity index (χ0n) is 19.0. The summed E-state index contributed by atoms with van der Waals surface area (Å²) in [7, 11) is 1.21. The van der Waals surface area contributed by atoms with E-state index in [9.17, 15) is 27.6 Å². The highest BCUT2D eigenvalue weighted by Gasteiger charge is 2.31. The van der Waals surface area contributed by atoms with Crippen molar-refractivity contribution in [2.45, 2.75) is 25.9 Å². The maximum absolute atomic E-state index is 12.9. The molecule has 0 bridgehead atoms. The molecule has 0 radical (unpaired) electrons. The van der Waals surface area contributed by atoms with Crippen molar-refractivity contribution < 1.29 is 32.3 Å². The molecule has 0 fully saturated rings. The Morgan fingerprint density at radius 2 is 1.71 bits per heavy atom. The van der Waals surface area contributed by atoms with Crippen LogP contribution in [0.15, 0.2) is 48.8 Å². The number of rotatable bonds is 7. The molecule has 2 aromatic heterocycles. The molecule has 0 aliphatic rings. The van der Waals surface area contributed by atoms with Gasteiger partial charge in [0, 0.05) is 17.4 Å². The van der Waals surface area contributed by atoms with Gasteiger partial charge < -0.3 is 15.4 Å². The van der Waals surface area contributed by atoms with Gasteiger partial charge in [-0.25, -0.2) is 9.67 Å². The summed E-state index contributed by atoms with van der Waals surface area (Å²) in [5.74, 6) is -1.63. The first-order valence-corrected chi connectivity index (χ1v) is 10.4. The number of hydrogen-bond donors (Lipinski definition) is 2. The lowest BCUT2D eigenvalue weighted by Crippen LogP contribution is -2.30. The molecule has 0 unspecified atom stereocenters. The Labute approximate surface area is 198 Å². The number of esters is 1. The van der Waals surface area contributed by atoms with Gasteiger partial charge in [0.1, 0.15) is 6.54 Å². The number of halogens is 3. The minimum Gasteiger partial charge on any atom is -0.468 e. The number of amides is 2. The predicted molar refractivity (Wildman–Crippen MR) is 119 cm³/mol. The maximum atomic E-state index is 12.9. The highest BCUT2D eigenvalue weighted by Crippen LogP contribution is 2.29. The monoisotopic (exact) mass is 489 g/mol. The second-order valence-corrected chi connectivity index (χ2v) is 7.70. The van der Waals surface area contributed by atoms with Crippen molar-refractivity contribution in [3.8, 4) is 5.82 Å². The quantitative estimate of drug-likeness (QED) is 0.491. The summed E-state index contributed by atoms with van der Waals surface area (Å²) in [6, 6.07) is 8.07. The van der Waals surface area contributed by atoms with E-state index in [2.05, 4.69) is 25.5 Å². The SMILES string of the molecule is COC(=O)CNC(=O)c1ccc(NC(=O)c2cnn(-c3ccc(C(F)(F)F)cn3)c2C(C)C)cc1. The summed E-state index contributed by atoms with van der Waals surface area (Å²) >= 11 is 0. The number of aromatic nitrogens is 3. The van der Waals surface area contributed by atoms with Crippen molar-refractivity contribution in [1.82, 2.24) is 20.1 Å². The van der Waals surface area contributed by atoms with Crippen LogP contribution in [0, 0.1) is 0 Å². The van der Waals surface area contributed by atoms with Crippen LogP contribution in [-0.2, 0) is 15.7 Å². The van der Waals surface area contributed by atoms with Crippen LogP contribution < -0.4 is 10.6 Å². The third kappa shape index (κ3) is 6.02. The van der Waals surface area contributed by atoms with Gasteiger partial charge in [0.25, 0.3) is 11.8 Å². The molecule has 2 heterocycles. The van der Waals surface area contributed by atoms with Crippen LogP contribution in [0.25, 0.3) is 5.82 Å². The van der Waals surface area contributed by atoms with Gasteiger partial charge in [-0.15, -0.1) is 0 Å². The van der Waals surface area contributed by atoms with E-state index in [-0.39, 0.29) is 29.4 Å². The molecule has 0 saturated carbocycles. The second kappa shape index (κ2) is 10.4. The number of pyridine rings is 1. The zero-order chi connectivity index (χ0) is 25.8. The summed E-state index contributed by atoms with van der Waals surface area (Å²) in [4.78, 5) is 40.0. The smallest absolute Gasteiger partial charge is 0.417 e. The van der Waals surface area contributed by atoms with Gasteiger partial charge in [-0.2, -0.15) is 18.3 Å². The second-order valence-electron chi connectivity index (χ2n) is 7.70. The Balaban J connectivity index is 1.77. The van der Waals surface area contributed by atoms with Gasteiger partial charge in [0.05, 0.1) is 30.1 Å². The van der Waals surface area contributed by atoms with Crippen LogP contribution in [0.5, 0.6) is 0 Å². The first kappa shape index (κ1) is 25.4. The lowest BCUT2D eigenvalue weighted by Gasteiger charge is -2.13. The highest BCUT2D eigenvalue weighted by molar-refractivity contribution is 6.05.